The van der Waals surface area contributed by atoms with Gasteiger partial charge in [-0.3, -0.25) is 4.79 Å². The largest absolute Gasteiger partial charge is 0.433 e. The molecule has 0 fully saturated rings. The molecular formula is C15H12ClF3N2O2. The number of carbonyl (C=O) groups excluding carboxylic acids is 1. The molecule has 0 aromatic heterocycles. The molecule has 0 aliphatic heterocycles. The van der Waals surface area contributed by atoms with E-state index < -0.39 is 18.3 Å². The van der Waals surface area contributed by atoms with Gasteiger partial charge in [-0.1, -0.05) is 23.7 Å². The van der Waals surface area contributed by atoms with Crippen molar-refractivity contribution in [3.05, 3.63) is 53.3 Å². The zero-order valence-corrected chi connectivity index (χ0v) is 12.4. The average molecular weight is 345 g/mol. The summed E-state index contributed by atoms with van der Waals surface area (Å²) in [6.07, 6.45) is 0. The van der Waals surface area contributed by atoms with Crippen LogP contribution >= 0.6 is 11.6 Å². The highest BCUT2D eigenvalue weighted by molar-refractivity contribution is 6.31. The highest BCUT2D eigenvalue weighted by Crippen LogP contribution is 2.25. The molecule has 0 aliphatic rings. The smallest absolute Gasteiger partial charge is 0.387 e. The fraction of sp³-hybridized carbons (Fsp3) is 0.133. The maximum Gasteiger partial charge on any atom is 0.387 e. The van der Waals surface area contributed by atoms with Crippen molar-refractivity contribution in [2.24, 2.45) is 0 Å². The fourth-order valence-corrected chi connectivity index (χ4v) is 1.93. The first-order chi connectivity index (χ1) is 11.0. The Morgan fingerprint density at radius 2 is 1.96 bits per heavy atom. The summed E-state index contributed by atoms with van der Waals surface area (Å²) in [4.78, 5) is 11.9. The fourth-order valence-electron chi connectivity index (χ4n) is 1.75. The maximum absolute atomic E-state index is 13.0. The molecule has 0 radical (unpaired) electrons. The number of amides is 1. The summed E-state index contributed by atoms with van der Waals surface area (Å²) < 4.78 is 41.9. The number of alkyl halides is 2. The first kappa shape index (κ1) is 17.0. The van der Waals surface area contributed by atoms with Crippen molar-refractivity contribution in [2.75, 3.05) is 17.2 Å². The second-order valence-corrected chi connectivity index (χ2v) is 4.81. The van der Waals surface area contributed by atoms with Crippen molar-refractivity contribution in [2.45, 2.75) is 6.61 Å². The molecule has 0 saturated carbocycles. The zero-order valence-electron chi connectivity index (χ0n) is 11.7. The average Bonchev–Trinajstić information content (AvgIpc) is 2.50. The lowest BCUT2D eigenvalue weighted by atomic mass is 10.3. The van der Waals surface area contributed by atoms with Crippen molar-refractivity contribution in [3.63, 3.8) is 0 Å². The third kappa shape index (κ3) is 5.07. The van der Waals surface area contributed by atoms with E-state index in [9.17, 15) is 18.0 Å². The lowest BCUT2D eigenvalue weighted by Gasteiger charge is -2.12. The number of nitrogens with one attached hydrogen (secondary N) is 2. The monoisotopic (exact) mass is 344 g/mol. The summed E-state index contributed by atoms with van der Waals surface area (Å²) in [6.45, 7) is -3.15. The molecule has 0 spiro atoms. The first-order valence-electron chi connectivity index (χ1n) is 6.48. The van der Waals surface area contributed by atoms with Gasteiger partial charge in [-0.2, -0.15) is 8.78 Å². The van der Waals surface area contributed by atoms with Gasteiger partial charge < -0.3 is 15.4 Å². The first-order valence-corrected chi connectivity index (χ1v) is 6.86. The zero-order chi connectivity index (χ0) is 16.8. The molecule has 2 aromatic carbocycles. The van der Waals surface area contributed by atoms with E-state index in [-0.39, 0.29) is 23.0 Å². The van der Waals surface area contributed by atoms with Crippen LogP contribution in [0.5, 0.6) is 5.75 Å². The molecule has 2 rings (SSSR count). The Morgan fingerprint density at radius 3 is 2.65 bits per heavy atom. The predicted molar refractivity (Wildman–Crippen MR) is 81.6 cm³/mol. The summed E-state index contributed by atoms with van der Waals surface area (Å²) in [5.74, 6) is -1.20. The highest BCUT2D eigenvalue weighted by Gasteiger charge is 2.11. The van der Waals surface area contributed by atoms with Crippen molar-refractivity contribution >= 4 is 28.9 Å². The van der Waals surface area contributed by atoms with Crippen LogP contribution in [0.4, 0.5) is 24.5 Å². The van der Waals surface area contributed by atoms with Crippen LogP contribution in [0, 0.1) is 5.82 Å². The van der Waals surface area contributed by atoms with E-state index in [1.165, 1.54) is 30.3 Å². The lowest BCUT2D eigenvalue weighted by Crippen LogP contribution is -2.22. The third-order valence-electron chi connectivity index (χ3n) is 2.75. The minimum absolute atomic E-state index is 0.0777. The van der Waals surface area contributed by atoms with Gasteiger partial charge in [0, 0.05) is 5.69 Å². The number of rotatable bonds is 6. The highest BCUT2D eigenvalue weighted by atomic mass is 35.5. The normalized spacial score (nSPS) is 10.5. The molecule has 0 aliphatic carbocycles. The van der Waals surface area contributed by atoms with Gasteiger partial charge in [-0.15, -0.1) is 0 Å². The Balaban J connectivity index is 1.96. The van der Waals surface area contributed by atoms with Gasteiger partial charge >= 0.3 is 6.61 Å². The Hall–Kier alpha value is -2.41. The van der Waals surface area contributed by atoms with Crippen LogP contribution in [-0.4, -0.2) is 19.1 Å². The van der Waals surface area contributed by atoms with Crippen molar-refractivity contribution in [1.29, 1.82) is 0 Å². The molecule has 0 saturated heterocycles. The summed E-state index contributed by atoms with van der Waals surface area (Å²) >= 11 is 5.63. The van der Waals surface area contributed by atoms with Crippen LogP contribution in [0.1, 0.15) is 0 Å². The molecule has 0 unspecified atom stereocenters. The van der Waals surface area contributed by atoms with E-state index in [1.807, 2.05) is 0 Å². The number of para-hydroxylation sites is 2. The number of ether oxygens (including phenoxy) is 1. The lowest BCUT2D eigenvalue weighted by molar-refractivity contribution is -0.114. The molecule has 0 heterocycles. The third-order valence-corrected chi connectivity index (χ3v) is 3.04. The standard InChI is InChI=1S/C15H12ClF3N2O2/c16-10-7-9(5-6-11(10)17)20-8-14(22)21-12-3-1-2-4-13(12)23-15(18)19/h1-7,15,20H,8H2,(H,21,22). The molecule has 23 heavy (non-hydrogen) atoms. The van der Waals surface area contributed by atoms with E-state index >= 15 is 0 Å². The Morgan fingerprint density at radius 1 is 1.22 bits per heavy atom. The summed E-state index contributed by atoms with van der Waals surface area (Å²) in [5.41, 5.74) is 0.570. The van der Waals surface area contributed by atoms with E-state index in [0.29, 0.717) is 5.69 Å². The van der Waals surface area contributed by atoms with Crippen LogP contribution in [0.25, 0.3) is 0 Å². The van der Waals surface area contributed by atoms with Gasteiger partial charge in [0.2, 0.25) is 5.91 Å². The Kier molecular flexibility index (Phi) is 5.70. The number of halogens is 4. The van der Waals surface area contributed by atoms with Crippen LogP contribution in [0.15, 0.2) is 42.5 Å². The van der Waals surface area contributed by atoms with Crippen LogP contribution in [-0.2, 0) is 4.79 Å². The van der Waals surface area contributed by atoms with Crippen LogP contribution in [0.2, 0.25) is 5.02 Å². The molecule has 2 aromatic rings. The second kappa shape index (κ2) is 7.73. The predicted octanol–water partition coefficient (Wildman–Crippen LogP) is 4.13. The minimum Gasteiger partial charge on any atom is -0.433 e. The minimum atomic E-state index is -2.99. The molecule has 8 heteroatoms. The Bertz CT molecular complexity index is 698. The molecule has 0 bridgehead atoms. The van der Waals surface area contributed by atoms with E-state index in [4.69, 9.17) is 11.6 Å². The van der Waals surface area contributed by atoms with Crippen LogP contribution in [0.3, 0.4) is 0 Å². The molecule has 1 amide bonds. The number of anilines is 2. The maximum atomic E-state index is 13.0. The van der Waals surface area contributed by atoms with Crippen molar-refractivity contribution < 1.29 is 22.7 Å². The SMILES string of the molecule is O=C(CNc1ccc(F)c(Cl)c1)Nc1ccccc1OC(F)F. The summed E-state index contributed by atoms with van der Waals surface area (Å²) in [5, 5.41) is 5.11. The van der Waals surface area contributed by atoms with Gasteiger partial charge in [0.1, 0.15) is 11.6 Å². The van der Waals surface area contributed by atoms with E-state index in [2.05, 4.69) is 15.4 Å². The van der Waals surface area contributed by atoms with Crippen molar-refractivity contribution in [1.82, 2.24) is 0 Å². The number of hydrogen-bond donors (Lipinski definition) is 2. The van der Waals surface area contributed by atoms with E-state index in [0.717, 1.165) is 6.07 Å². The molecule has 122 valence electrons. The molecule has 2 N–H and O–H groups in total. The number of benzene rings is 2. The van der Waals surface area contributed by atoms with Gasteiger partial charge in [-0.25, -0.2) is 4.39 Å². The van der Waals surface area contributed by atoms with Crippen LogP contribution < -0.4 is 15.4 Å². The quantitative estimate of drug-likeness (QED) is 0.828. The van der Waals surface area contributed by atoms with Gasteiger partial charge in [0.25, 0.3) is 0 Å². The van der Waals surface area contributed by atoms with E-state index in [1.54, 1.807) is 6.07 Å². The molecule has 0 atom stereocenters. The summed E-state index contributed by atoms with van der Waals surface area (Å²) in [7, 11) is 0. The van der Waals surface area contributed by atoms with Gasteiger partial charge in [-0.05, 0) is 30.3 Å². The van der Waals surface area contributed by atoms with Crippen molar-refractivity contribution in [3.8, 4) is 5.75 Å². The van der Waals surface area contributed by atoms with Gasteiger partial charge in [0.05, 0.1) is 17.3 Å². The topological polar surface area (TPSA) is 50.4 Å². The summed E-state index contributed by atoms with van der Waals surface area (Å²) in [6, 6.07) is 9.74. The number of carbonyl (C=O) groups is 1. The van der Waals surface area contributed by atoms with Gasteiger partial charge in [0.15, 0.2) is 0 Å². The molecular weight excluding hydrogens is 333 g/mol. The Labute approximate surface area is 135 Å². The molecule has 4 nitrogen and oxygen atoms in total. The number of hydrogen-bond acceptors (Lipinski definition) is 3. The second-order valence-electron chi connectivity index (χ2n) is 4.41.